The Bertz CT molecular complexity index is 398. The van der Waals surface area contributed by atoms with Crippen LogP contribution in [-0.2, 0) is 6.54 Å². The van der Waals surface area contributed by atoms with Crippen LogP contribution in [0, 0.1) is 0 Å². The number of nitrogens with zero attached hydrogens (tertiary/aromatic N) is 2. The van der Waals surface area contributed by atoms with Crippen LogP contribution in [0.1, 0.15) is 24.2 Å². The van der Waals surface area contributed by atoms with Crippen LogP contribution in [0.15, 0.2) is 29.3 Å². The molecule has 0 radical (unpaired) electrons. The van der Waals surface area contributed by atoms with Gasteiger partial charge in [0.1, 0.15) is 0 Å². The van der Waals surface area contributed by atoms with Gasteiger partial charge in [0, 0.05) is 20.1 Å². The molecule has 92 valence electrons. The first-order valence-electron chi connectivity index (χ1n) is 5.93. The second-order valence-electron chi connectivity index (χ2n) is 4.40. The Balaban J connectivity index is 1.91. The van der Waals surface area contributed by atoms with E-state index in [1.54, 1.807) is 6.92 Å². The Morgan fingerprint density at radius 2 is 2.12 bits per heavy atom. The molecule has 0 fully saturated rings. The maximum Gasteiger partial charge on any atom is 0.194 e. The van der Waals surface area contributed by atoms with Crippen molar-refractivity contribution in [3.05, 3.63) is 35.4 Å². The Kier molecular flexibility index (Phi) is 3.64. The molecule has 0 aliphatic carbocycles. The molecule has 2 N–H and O–H groups in total. The Hall–Kier alpha value is -1.55. The van der Waals surface area contributed by atoms with E-state index in [0.29, 0.717) is 0 Å². The standard InChI is InChI=1S/C13H19N3O/c1-10(17)12-5-3-11(4-6-12)9-15-13-14-7-8-16(13)2/h3-6,10,17H,7-9H2,1-2H3,(H,14,15). The number of nitrogens with one attached hydrogen (secondary N) is 1. The summed E-state index contributed by atoms with van der Waals surface area (Å²) in [7, 11) is 2.04. The molecule has 1 aliphatic heterocycles. The maximum absolute atomic E-state index is 9.41. The minimum absolute atomic E-state index is 0.401. The van der Waals surface area contributed by atoms with Gasteiger partial charge in [-0.3, -0.25) is 4.99 Å². The largest absolute Gasteiger partial charge is 0.389 e. The number of likely N-dealkylation sites (N-methyl/N-ethyl adjacent to an activating group) is 1. The van der Waals surface area contributed by atoms with Crippen molar-refractivity contribution < 1.29 is 5.11 Å². The lowest BCUT2D eigenvalue weighted by molar-refractivity contribution is 0.199. The number of hydrogen-bond acceptors (Lipinski definition) is 4. The maximum atomic E-state index is 9.41. The molecule has 0 saturated carbocycles. The number of guanidine groups is 1. The SMILES string of the molecule is CC(O)c1ccc(CNC2=NCCN2C)cc1. The van der Waals surface area contributed by atoms with Gasteiger partial charge in [-0.05, 0) is 18.1 Å². The van der Waals surface area contributed by atoms with E-state index >= 15 is 0 Å². The minimum Gasteiger partial charge on any atom is -0.389 e. The van der Waals surface area contributed by atoms with E-state index < -0.39 is 6.10 Å². The Labute approximate surface area is 102 Å². The summed E-state index contributed by atoms with van der Waals surface area (Å²) in [6.07, 6.45) is -0.401. The van der Waals surface area contributed by atoms with Gasteiger partial charge in [0.2, 0.25) is 0 Å². The summed E-state index contributed by atoms with van der Waals surface area (Å²) in [6, 6.07) is 7.98. The molecular weight excluding hydrogens is 214 g/mol. The number of rotatable bonds is 3. The van der Waals surface area contributed by atoms with Crippen molar-refractivity contribution in [1.82, 2.24) is 10.2 Å². The second-order valence-corrected chi connectivity index (χ2v) is 4.40. The molecule has 0 amide bonds. The fourth-order valence-electron chi connectivity index (χ4n) is 1.82. The summed E-state index contributed by atoms with van der Waals surface area (Å²) < 4.78 is 0. The Morgan fingerprint density at radius 1 is 1.41 bits per heavy atom. The third-order valence-electron chi connectivity index (χ3n) is 2.97. The number of aliphatic hydroxyl groups excluding tert-OH is 1. The molecule has 1 atom stereocenters. The lowest BCUT2D eigenvalue weighted by Gasteiger charge is -2.15. The van der Waals surface area contributed by atoms with Crippen molar-refractivity contribution in [2.24, 2.45) is 4.99 Å². The molecule has 17 heavy (non-hydrogen) atoms. The van der Waals surface area contributed by atoms with Crippen molar-refractivity contribution in [1.29, 1.82) is 0 Å². The first-order valence-corrected chi connectivity index (χ1v) is 5.93. The van der Waals surface area contributed by atoms with E-state index in [1.165, 1.54) is 5.56 Å². The van der Waals surface area contributed by atoms with Gasteiger partial charge < -0.3 is 15.3 Å². The van der Waals surface area contributed by atoms with Crippen molar-refractivity contribution in [2.75, 3.05) is 20.1 Å². The zero-order valence-corrected chi connectivity index (χ0v) is 10.3. The van der Waals surface area contributed by atoms with Crippen LogP contribution >= 0.6 is 0 Å². The van der Waals surface area contributed by atoms with Crippen LogP contribution < -0.4 is 5.32 Å². The molecule has 1 heterocycles. The highest BCUT2D eigenvalue weighted by molar-refractivity contribution is 5.81. The van der Waals surface area contributed by atoms with E-state index in [2.05, 4.69) is 15.2 Å². The Morgan fingerprint density at radius 3 is 2.65 bits per heavy atom. The predicted octanol–water partition coefficient (Wildman–Crippen LogP) is 1.13. The summed E-state index contributed by atoms with van der Waals surface area (Å²) >= 11 is 0. The highest BCUT2D eigenvalue weighted by Gasteiger charge is 2.11. The van der Waals surface area contributed by atoms with Crippen molar-refractivity contribution in [3.63, 3.8) is 0 Å². The molecule has 2 rings (SSSR count). The molecule has 0 bridgehead atoms. The molecule has 0 saturated heterocycles. The number of aliphatic hydroxyl groups is 1. The van der Waals surface area contributed by atoms with E-state index in [9.17, 15) is 5.11 Å². The normalized spacial score (nSPS) is 16.9. The fraction of sp³-hybridized carbons (Fsp3) is 0.462. The number of benzene rings is 1. The number of hydrogen-bond donors (Lipinski definition) is 2. The lowest BCUT2D eigenvalue weighted by Crippen LogP contribution is -2.35. The van der Waals surface area contributed by atoms with E-state index in [-0.39, 0.29) is 0 Å². The first-order chi connectivity index (χ1) is 8.16. The van der Waals surface area contributed by atoms with Gasteiger partial charge in [0.25, 0.3) is 0 Å². The average molecular weight is 233 g/mol. The average Bonchev–Trinajstić information content (AvgIpc) is 2.73. The third kappa shape index (κ3) is 2.97. The van der Waals surface area contributed by atoms with Crippen LogP contribution in [0.5, 0.6) is 0 Å². The summed E-state index contributed by atoms with van der Waals surface area (Å²) in [5, 5.41) is 12.7. The van der Waals surface area contributed by atoms with Crippen molar-refractivity contribution in [3.8, 4) is 0 Å². The van der Waals surface area contributed by atoms with Gasteiger partial charge >= 0.3 is 0 Å². The van der Waals surface area contributed by atoms with Crippen LogP contribution in [0.2, 0.25) is 0 Å². The van der Waals surface area contributed by atoms with Crippen LogP contribution in [0.25, 0.3) is 0 Å². The molecule has 1 aliphatic rings. The van der Waals surface area contributed by atoms with E-state index in [1.807, 2.05) is 31.3 Å². The van der Waals surface area contributed by atoms with Crippen molar-refractivity contribution in [2.45, 2.75) is 19.6 Å². The van der Waals surface area contributed by atoms with Gasteiger partial charge in [0.15, 0.2) is 5.96 Å². The second kappa shape index (κ2) is 5.19. The van der Waals surface area contributed by atoms with Crippen LogP contribution in [0.4, 0.5) is 0 Å². The molecule has 1 aromatic rings. The summed E-state index contributed by atoms with van der Waals surface area (Å²) in [5.74, 6) is 0.963. The van der Waals surface area contributed by atoms with Crippen LogP contribution in [-0.4, -0.2) is 36.1 Å². The molecule has 0 spiro atoms. The van der Waals surface area contributed by atoms with Crippen LogP contribution in [0.3, 0.4) is 0 Å². The van der Waals surface area contributed by atoms with Gasteiger partial charge in [-0.1, -0.05) is 24.3 Å². The van der Waals surface area contributed by atoms with Gasteiger partial charge in [-0.15, -0.1) is 0 Å². The predicted molar refractivity (Wildman–Crippen MR) is 68.8 cm³/mol. The minimum atomic E-state index is -0.401. The molecular formula is C13H19N3O. The van der Waals surface area contributed by atoms with Crippen molar-refractivity contribution >= 4 is 5.96 Å². The van der Waals surface area contributed by atoms with Gasteiger partial charge in [-0.2, -0.15) is 0 Å². The van der Waals surface area contributed by atoms with Gasteiger partial charge in [-0.25, -0.2) is 0 Å². The highest BCUT2D eigenvalue weighted by Crippen LogP contribution is 2.12. The quantitative estimate of drug-likeness (QED) is 0.823. The zero-order valence-electron chi connectivity index (χ0n) is 10.3. The smallest absolute Gasteiger partial charge is 0.194 e. The molecule has 1 aromatic carbocycles. The monoisotopic (exact) mass is 233 g/mol. The summed E-state index contributed by atoms with van der Waals surface area (Å²) in [6.45, 7) is 4.40. The lowest BCUT2D eigenvalue weighted by atomic mass is 10.1. The zero-order chi connectivity index (χ0) is 12.3. The molecule has 0 aromatic heterocycles. The highest BCUT2D eigenvalue weighted by atomic mass is 16.3. The van der Waals surface area contributed by atoms with E-state index in [0.717, 1.165) is 31.2 Å². The number of aliphatic imine (C=N–C) groups is 1. The first kappa shape index (κ1) is 11.9. The van der Waals surface area contributed by atoms with E-state index in [4.69, 9.17) is 0 Å². The third-order valence-corrected chi connectivity index (χ3v) is 2.97. The summed E-state index contributed by atoms with van der Waals surface area (Å²) in [4.78, 5) is 6.48. The molecule has 1 unspecified atom stereocenters. The molecule has 4 nitrogen and oxygen atoms in total. The molecule has 4 heteroatoms. The topological polar surface area (TPSA) is 47.9 Å². The van der Waals surface area contributed by atoms with Gasteiger partial charge in [0.05, 0.1) is 12.6 Å². The summed E-state index contributed by atoms with van der Waals surface area (Å²) in [5.41, 5.74) is 2.14. The fourth-order valence-corrected chi connectivity index (χ4v) is 1.82.